The van der Waals surface area contributed by atoms with E-state index in [1.165, 1.54) is 11.1 Å². The predicted octanol–water partition coefficient (Wildman–Crippen LogP) is 6.35. The third kappa shape index (κ3) is 9.97. The second-order valence-electron chi connectivity index (χ2n) is 9.83. The molecule has 0 aliphatic carbocycles. The minimum atomic E-state index is 0. The Morgan fingerprint density at radius 3 is 2.03 bits per heavy atom. The number of halogens is 1. The molecule has 0 fully saturated rings. The number of hydrogen-bond donors (Lipinski definition) is 0. The molecular formula is C26H40ClNO2. The van der Waals surface area contributed by atoms with Gasteiger partial charge in [0.25, 0.3) is 0 Å². The lowest BCUT2D eigenvalue weighted by Crippen LogP contribution is -2.24. The summed E-state index contributed by atoms with van der Waals surface area (Å²) in [6.45, 7) is 15.3. The highest BCUT2D eigenvalue weighted by Gasteiger charge is 2.27. The fourth-order valence-electron chi connectivity index (χ4n) is 3.95. The molecule has 0 radical (unpaired) electrons. The van der Waals surface area contributed by atoms with Crippen molar-refractivity contribution < 1.29 is 9.47 Å². The predicted molar refractivity (Wildman–Crippen MR) is 130 cm³/mol. The monoisotopic (exact) mass is 433 g/mol. The fourth-order valence-corrected chi connectivity index (χ4v) is 3.95. The summed E-state index contributed by atoms with van der Waals surface area (Å²) in [5.74, 6) is 0.908. The topological polar surface area (TPSA) is 21.7 Å². The first kappa shape index (κ1) is 26.5. The van der Waals surface area contributed by atoms with E-state index in [0.717, 1.165) is 25.3 Å². The highest BCUT2D eigenvalue weighted by Crippen LogP contribution is 2.36. The van der Waals surface area contributed by atoms with Gasteiger partial charge in [0.2, 0.25) is 0 Å². The lowest BCUT2D eigenvalue weighted by atomic mass is 9.72. The summed E-state index contributed by atoms with van der Waals surface area (Å²) >= 11 is 0. The Balaban J connectivity index is 0.00000450. The maximum Gasteiger partial charge on any atom is 0.119 e. The molecule has 0 amide bonds. The minimum Gasteiger partial charge on any atom is -0.491 e. The molecule has 3 nitrogen and oxygen atoms in total. The summed E-state index contributed by atoms with van der Waals surface area (Å²) in [7, 11) is 2.12. The van der Waals surface area contributed by atoms with Crippen molar-refractivity contribution in [2.24, 2.45) is 5.41 Å². The molecule has 30 heavy (non-hydrogen) atoms. The second-order valence-corrected chi connectivity index (χ2v) is 9.83. The van der Waals surface area contributed by atoms with Gasteiger partial charge in [0.15, 0.2) is 0 Å². The van der Waals surface area contributed by atoms with Crippen molar-refractivity contribution in [2.75, 3.05) is 33.4 Å². The number of likely N-dealkylation sites (N-methyl/N-ethyl adjacent to an activating group) is 1. The van der Waals surface area contributed by atoms with Crippen molar-refractivity contribution >= 4 is 12.4 Å². The van der Waals surface area contributed by atoms with Gasteiger partial charge in [0, 0.05) is 13.1 Å². The van der Waals surface area contributed by atoms with E-state index in [-0.39, 0.29) is 17.8 Å². The van der Waals surface area contributed by atoms with Crippen LogP contribution >= 0.6 is 12.4 Å². The standard InChI is InChI=1S/C26H39NO2.ClH/c1-25(2,3)21-26(4,5)23-12-14-24(15-13-23)29-19-18-28-17-16-27(6)20-22-10-8-7-9-11-22;/h7-15H,16-21H2,1-6H3;1H. The molecule has 0 heterocycles. The molecule has 0 atom stereocenters. The van der Waals surface area contributed by atoms with Gasteiger partial charge in [0.05, 0.1) is 13.2 Å². The van der Waals surface area contributed by atoms with Crippen molar-refractivity contribution in [2.45, 2.75) is 53.0 Å². The van der Waals surface area contributed by atoms with Crippen molar-refractivity contribution in [1.29, 1.82) is 0 Å². The van der Waals surface area contributed by atoms with Crippen LogP contribution in [0.3, 0.4) is 0 Å². The van der Waals surface area contributed by atoms with Crippen molar-refractivity contribution in [1.82, 2.24) is 4.90 Å². The fraction of sp³-hybridized carbons (Fsp3) is 0.538. The normalized spacial score (nSPS) is 12.0. The molecule has 0 saturated carbocycles. The van der Waals surface area contributed by atoms with E-state index in [1.807, 2.05) is 6.07 Å². The van der Waals surface area contributed by atoms with Gasteiger partial charge in [-0.15, -0.1) is 12.4 Å². The summed E-state index contributed by atoms with van der Waals surface area (Å²) in [4.78, 5) is 2.27. The zero-order valence-electron chi connectivity index (χ0n) is 19.6. The third-order valence-electron chi connectivity index (χ3n) is 5.02. The Labute approximate surface area is 190 Å². The summed E-state index contributed by atoms with van der Waals surface area (Å²) in [5, 5.41) is 0. The summed E-state index contributed by atoms with van der Waals surface area (Å²) < 4.78 is 11.6. The number of rotatable bonds is 11. The molecular weight excluding hydrogens is 394 g/mol. The third-order valence-corrected chi connectivity index (χ3v) is 5.02. The van der Waals surface area contributed by atoms with E-state index < -0.39 is 0 Å². The van der Waals surface area contributed by atoms with Gasteiger partial charge in [-0.05, 0) is 47.6 Å². The van der Waals surface area contributed by atoms with Crippen LogP contribution in [0, 0.1) is 5.41 Å². The average molecular weight is 434 g/mol. The quantitative estimate of drug-likeness (QED) is 0.385. The van der Waals surface area contributed by atoms with Gasteiger partial charge in [-0.2, -0.15) is 0 Å². The molecule has 0 aliphatic rings. The Hall–Kier alpha value is -1.55. The zero-order valence-corrected chi connectivity index (χ0v) is 20.4. The van der Waals surface area contributed by atoms with Crippen LogP contribution in [0.2, 0.25) is 0 Å². The Morgan fingerprint density at radius 2 is 1.43 bits per heavy atom. The molecule has 0 spiro atoms. The van der Waals surface area contributed by atoms with Crippen LogP contribution in [0.5, 0.6) is 5.75 Å². The van der Waals surface area contributed by atoms with Crippen LogP contribution in [0.15, 0.2) is 54.6 Å². The molecule has 0 aliphatic heterocycles. The van der Waals surface area contributed by atoms with E-state index in [4.69, 9.17) is 9.47 Å². The number of benzene rings is 2. The number of hydrogen-bond acceptors (Lipinski definition) is 3. The van der Waals surface area contributed by atoms with Crippen LogP contribution in [0.4, 0.5) is 0 Å². The molecule has 0 unspecified atom stereocenters. The van der Waals surface area contributed by atoms with Gasteiger partial charge < -0.3 is 9.47 Å². The van der Waals surface area contributed by atoms with Crippen LogP contribution in [-0.2, 0) is 16.7 Å². The smallest absolute Gasteiger partial charge is 0.119 e. The zero-order chi connectivity index (χ0) is 21.3. The van der Waals surface area contributed by atoms with E-state index in [0.29, 0.717) is 25.2 Å². The van der Waals surface area contributed by atoms with Gasteiger partial charge >= 0.3 is 0 Å². The molecule has 4 heteroatoms. The minimum absolute atomic E-state index is 0. The number of ether oxygens (including phenoxy) is 2. The Bertz CT molecular complexity index is 708. The first-order chi connectivity index (χ1) is 13.7. The molecule has 0 saturated heterocycles. The Kier molecular flexibility index (Phi) is 10.9. The highest BCUT2D eigenvalue weighted by molar-refractivity contribution is 5.85. The molecule has 0 bridgehead atoms. The SMILES string of the molecule is CN(CCOCCOc1ccc(C(C)(C)CC(C)(C)C)cc1)Cc1ccccc1.Cl. The van der Waals surface area contributed by atoms with Crippen molar-refractivity contribution in [3.8, 4) is 5.75 Å². The van der Waals surface area contributed by atoms with E-state index in [2.05, 4.69) is 95.1 Å². The van der Waals surface area contributed by atoms with Gasteiger partial charge in [-0.1, -0.05) is 77.1 Å². The Morgan fingerprint density at radius 1 is 0.800 bits per heavy atom. The number of nitrogens with zero attached hydrogens (tertiary/aromatic N) is 1. The van der Waals surface area contributed by atoms with Crippen molar-refractivity contribution in [3.05, 3.63) is 65.7 Å². The second kappa shape index (κ2) is 12.3. The molecule has 2 aromatic rings. The molecule has 2 aromatic carbocycles. The van der Waals surface area contributed by atoms with Crippen LogP contribution in [0.1, 0.15) is 52.2 Å². The van der Waals surface area contributed by atoms with Crippen LogP contribution in [0.25, 0.3) is 0 Å². The lowest BCUT2D eigenvalue weighted by molar-refractivity contribution is 0.0836. The van der Waals surface area contributed by atoms with Gasteiger partial charge in [-0.3, -0.25) is 4.90 Å². The molecule has 2 rings (SSSR count). The summed E-state index contributed by atoms with van der Waals surface area (Å²) in [6.07, 6.45) is 1.15. The lowest BCUT2D eigenvalue weighted by Gasteiger charge is -2.33. The average Bonchev–Trinajstić information content (AvgIpc) is 2.64. The maximum atomic E-state index is 5.84. The summed E-state index contributed by atoms with van der Waals surface area (Å²) in [6, 6.07) is 19.1. The van der Waals surface area contributed by atoms with Crippen LogP contribution in [-0.4, -0.2) is 38.3 Å². The van der Waals surface area contributed by atoms with Gasteiger partial charge in [0.1, 0.15) is 12.4 Å². The highest BCUT2D eigenvalue weighted by atomic mass is 35.5. The van der Waals surface area contributed by atoms with E-state index >= 15 is 0 Å². The first-order valence-electron chi connectivity index (χ1n) is 10.7. The summed E-state index contributed by atoms with van der Waals surface area (Å²) in [5.41, 5.74) is 3.15. The van der Waals surface area contributed by atoms with Crippen LogP contribution < -0.4 is 4.74 Å². The molecule has 0 aromatic heterocycles. The van der Waals surface area contributed by atoms with E-state index in [9.17, 15) is 0 Å². The molecule has 168 valence electrons. The van der Waals surface area contributed by atoms with E-state index in [1.54, 1.807) is 0 Å². The maximum absolute atomic E-state index is 5.84. The largest absolute Gasteiger partial charge is 0.491 e. The van der Waals surface area contributed by atoms with Crippen molar-refractivity contribution in [3.63, 3.8) is 0 Å². The molecule has 0 N–H and O–H groups in total. The first-order valence-corrected chi connectivity index (χ1v) is 10.7. The van der Waals surface area contributed by atoms with Gasteiger partial charge in [-0.25, -0.2) is 0 Å².